The van der Waals surface area contributed by atoms with Crippen molar-refractivity contribution in [3.05, 3.63) is 64.1 Å². The Bertz CT molecular complexity index is 1000. The molecule has 0 radical (unpaired) electrons. The summed E-state index contributed by atoms with van der Waals surface area (Å²) in [6.07, 6.45) is 1.74. The van der Waals surface area contributed by atoms with Crippen LogP contribution in [-0.2, 0) is 6.54 Å². The van der Waals surface area contributed by atoms with E-state index in [-0.39, 0.29) is 0 Å². The van der Waals surface area contributed by atoms with E-state index >= 15 is 0 Å². The Morgan fingerprint density at radius 1 is 1.04 bits per heavy atom. The quantitative estimate of drug-likeness (QED) is 0.523. The molecular formula is C16H11ClN6S. The Morgan fingerprint density at radius 3 is 2.75 bits per heavy atom. The van der Waals surface area contributed by atoms with Gasteiger partial charge < -0.3 is 0 Å². The van der Waals surface area contributed by atoms with Crippen molar-refractivity contribution in [2.75, 3.05) is 0 Å². The third kappa shape index (κ3) is 3.17. The van der Waals surface area contributed by atoms with Crippen molar-refractivity contribution in [3.8, 4) is 0 Å². The number of aromatic nitrogens is 5. The molecule has 0 amide bonds. The molecule has 0 spiro atoms. The molecule has 4 rings (SSSR count). The topological polar surface area (TPSA) is 68.8 Å². The van der Waals surface area contributed by atoms with Gasteiger partial charge in [-0.05, 0) is 29.8 Å². The van der Waals surface area contributed by atoms with Gasteiger partial charge in [-0.1, -0.05) is 52.4 Å². The van der Waals surface area contributed by atoms with Crippen LogP contribution < -0.4 is 0 Å². The summed E-state index contributed by atoms with van der Waals surface area (Å²) in [4.78, 5) is 4.35. The molecule has 0 aliphatic carbocycles. The average molecular weight is 355 g/mol. The van der Waals surface area contributed by atoms with Gasteiger partial charge in [-0.15, -0.1) is 15.3 Å². The average Bonchev–Trinajstić information content (AvgIpc) is 3.22. The molecule has 2 aromatic carbocycles. The minimum atomic E-state index is 0.522. The normalized spacial score (nSPS) is 11.5. The SMILES string of the molecule is Clc1ccc(/C=N/c2nnc(Cn3nnc4ccccc43)s2)cc1. The van der Waals surface area contributed by atoms with Crippen LogP contribution >= 0.6 is 22.9 Å². The minimum absolute atomic E-state index is 0.522. The molecule has 0 aliphatic rings. The van der Waals surface area contributed by atoms with Crippen molar-refractivity contribution in [2.45, 2.75) is 6.54 Å². The summed E-state index contributed by atoms with van der Waals surface area (Å²) >= 11 is 7.29. The standard InChI is InChI=1S/C16H11ClN6S/c17-12-7-5-11(6-8-12)9-18-16-21-20-15(24-16)10-23-14-4-2-1-3-13(14)19-22-23/h1-9H,10H2/b18-9+. The highest BCUT2D eigenvalue weighted by Crippen LogP contribution is 2.20. The van der Waals surface area contributed by atoms with Crippen molar-refractivity contribution in [1.29, 1.82) is 0 Å². The molecule has 118 valence electrons. The molecule has 0 bridgehead atoms. The first-order chi connectivity index (χ1) is 11.8. The Kier molecular flexibility index (Phi) is 4.02. The Hall–Kier alpha value is -2.64. The second-order valence-electron chi connectivity index (χ2n) is 5.02. The lowest BCUT2D eigenvalue weighted by Crippen LogP contribution is -2.01. The smallest absolute Gasteiger partial charge is 0.231 e. The number of halogens is 1. The molecule has 0 saturated carbocycles. The molecule has 0 saturated heterocycles. The van der Waals surface area contributed by atoms with E-state index in [1.165, 1.54) is 11.3 Å². The van der Waals surface area contributed by atoms with Crippen molar-refractivity contribution in [1.82, 2.24) is 25.2 Å². The van der Waals surface area contributed by atoms with Crippen LogP contribution in [0.2, 0.25) is 5.02 Å². The first kappa shape index (κ1) is 14.9. The van der Waals surface area contributed by atoms with E-state index in [9.17, 15) is 0 Å². The van der Waals surface area contributed by atoms with Crippen LogP contribution in [-0.4, -0.2) is 31.4 Å². The van der Waals surface area contributed by atoms with E-state index < -0.39 is 0 Å². The van der Waals surface area contributed by atoms with E-state index in [1.54, 1.807) is 6.21 Å². The second kappa shape index (κ2) is 6.46. The van der Waals surface area contributed by atoms with Gasteiger partial charge in [0, 0.05) is 11.2 Å². The first-order valence-electron chi connectivity index (χ1n) is 7.18. The minimum Gasteiger partial charge on any atom is -0.238 e. The molecule has 6 nitrogen and oxygen atoms in total. The fourth-order valence-corrected chi connectivity index (χ4v) is 2.99. The number of rotatable bonds is 4. The number of hydrogen-bond donors (Lipinski definition) is 0. The van der Waals surface area contributed by atoms with E-state index in [4.69, 9.17) is 11.6 Å². The summed E-state index contributed by atoms with van der Waals surface area (Å²) in [6, 6.07) is 15.3. The zero-order chi connectivity index (χ0) is 16.4. The van der Waals surface area contributed by atoms with Gasteiger partial charge in [-0.25, -0.2) is 9.67 Å². The summed E-state index contributed by atoms with van der Waals surface area (Å²) < 4.78 is 1.81. The Balaban J connectivity index is 1.51. The van der Waals surface area contributed by atoms with Crippen molar-refractivity contribution in [2.24, 2.45) is 4.99 Å². The van der Waals surface area contributed by atoms with Gasteiger partial charge in [0.1, 0.15) is 10.5 Å². The zero-order valence-electron chi connectivity index (χ0n) is 12.4. The largest absolute Gasteiger partial charge is 0.238 e. The maximum absolute atomic E-state index is 5.86. The molecule has 0 atom stereocenters. The van der Waals surface area contributed by atoms with Gasteiger partial charge >= 0.3 is 0 Å². The predicted molar refractivity (Wildman–Crippen MR) is 95.2 cm³/mol. The molecule has 0 fully saturated rings. The molecule has 2 aromatic heterocycles. The van der Waals surface area contributed by atoms with Crippen LogP contribution in [0.15, 0.2) is 53.5 Å². The van der Waals surface area contributed by atoms with E-state index in [1.807, 2.05) is 53.2 Å². The number of aliphatic imine (C=N–C) groups is 1. The predicted octanol–water partition coefficient (Wildman–Crippen LogP) is 3.74. The molecule has 24 heavy (non-hydrogen) atoms. The third-order valence-electron chi connectivity index (χ3n) is 3.36. The van der Waals surface area contributed by atoms with E-state index in [2.05, 4.69) is 25.5 Å². The maximum Gasteiger partial charge on any atom is 0.231 e. The second-order valence-corrected chi connectivity index (χ2v) is 6.50. The molecule has 0 unspecified atom stereocenters. The highest BCUT2D eigenvalue weighted by molar-refractivity contribution is 7.14. The summed E-state index contributed by atoms with van der Waals surface area (Å²) in [5.41, 5.74) is 2.79. The molecule has 0 aliphatic heterocycles. The highest BCUT2D eigenvalue weighted by atomic mass is 35.5. The van der Waals surface area contributed by atoms with Gasteiger partial charge in [0.2, 0.25) is 5.13 Å². The van der Waals surface area contributed by atoms with Crippen molar-refractivity contribution >= 4 is 45.3 Å². The number of para-hydroxylation sites is 1. The first-order valence-corrected chi connectivity index (χ1v) is 8.38. The highest BCUT2D eigenvalue weighted by Gasteiger charge is 2.08. The van der Waals surface area contributed by atoms with Gasteiger partial charge in [-0.3, -0.25) is 0 Å². The summed E-state index contributed by atoms with van der Waals surface area (Å²) in [5, 5.41) is 18.7. The van der Waals surface area contributed by atoms with Crippen LogP contribution in [0.25, 0.3) is 11.0 Å². The van der Waals surface area contributed by atoms with Crippen LogP contribution in [0.4, 0.5) is 5.13 Å². The van der Waals surface area contributed by atoms with Gasteiger partial charge in [0.25, 0.3) is 0 Å². The number of nitrogens with zero attached hydrogens (tertiary/aromatic N) is 6. The van der Waals surface area contributed by atoms with Crippen molar-refractivity contribution in [3.63, 3.8) is 0 Å². The lowest BCUT2D eigenvalue weighted by molar-refractivity contribution is 0.662. The van der Waals surface area contributed by atoms with Crippen LogP contribution in [0, 0.1) is 0 Å². The Labute approximate surface area is 146 Å². The fourth-order valence-electron chi connectivity index (χ4n) is 2.20. The number of fused-ring (bicyclic) bond motifs is 1. The number of hydrogen-bond acceptors (Lipinski definition) is 6. The fraction of sp³-hybridized carbons (Fsp3) is 0.0625. The number of benzene rings is 2. The zero-order valence-corrected chi connectivity index (χ0v) is 13.9. The van der Waals surface area contributed by atoms with Gasteiger partial charge in [-0.2, -0.15) is 0 Å². The van der Waals surface area contributed by atoms with Crippen molar-refractivity contribution < 1.29 is 0 Å². The molecule has 0 N–H and O–H groups in total. The van der Waals surface area contributed by atoms with Crippen LogP contribution in [0.5, 0.6) is 0 Å². The summed E-state index contributed by atoms with van der Waals surface area (Å²) in [5.74, 6) is 0. The Morgan fingerprint density at radius 2 is 1.88 bits per heavy atom. The summed E-state index contributed by atoms with van der Waals surface area (Å²) in [7, 11) is 0. The molecular weight excluding hydrogens is 344 g/mol. The van der Waals surface area contributed by atoms with E-state index in [0.29, 0.717) is 16.7 Å². The maximum atomic E-state index is 5.86. The van der Waals surface area contributed by atoms with Crippen LogP contribution in [0.1, 0.15) is 10.6 Å². The monoisotopic (exact) mass is 354 g/mol. The molecule has 2 heterocycles. The summed E-state index contributed by atoms with van der Waals surface area (Å²) in [6.45, 7) is 0.522. The third-order valence-corrected chi connectivity index (χ3v) is 4.42. The van der Waals surface area contributed by atoms with E-state index in [0.717, 1.165) is 21.6 Å². The lowest BCUT2D eigenvalue weighted by atomic mass is 10.2. The van der Waals surface area contributed by atoms with Crippen LogP contribution in [0.3, 0.4) is 0 Å². The molecule has 8 heteroatoms. The van der Waals surface area contributed by atoms with Gasteiger partial charge in [0.05, 0.1) is 12.1 Å². The lowest BCUT2D eigenvalue weighted by Gasteiger charge is -1.96. The van der Waals surface area contributed by atoms with Gasteiger partial charge in [0.15, 0.2) is 0 Å². The molecule has 4 aromatic rings.